The molecular formula is C12H22N4O3S. The van der Waals surface area contributed by atoms with Crippen LogP contribution in [-0.2, 0) is 24.4 Å². The predicted molar refractivity (Wildman–Crippen MR) is 82.7 cm³/mol. The van der Waals surface area contributed by atoms with Crippen molar-refractivity contribution in [3.8, 4) is 0 Å². The summed E-state index contributed by atoms with van der Waals surface area (Å²) in [6, 6.07) is 0. The molecule has 0 radical (unpaired) electrons. The first-order valence-corrected chi connectivity index (χ1v) is 8.10. The van der Waals surface area contributed by atoms with Gasteiger partial charge in [-0.25, -0.2) is 4.79 Å². The quantitative estimate of drug-likeness (QED) is 0.721. The highest BCUT2D eigenvalue weighted by atomic mass is 32.2. The highest BCUT2D eigenvalue weighted by Gasteiger charge is 2.14. The maximum Gasteiger partial charge on any atom is 0.332 e. The van der Waals surface area contributed by atoms with Crippen molar-refractivity contribution in [3.63, 3.8) is 0 Å². The molecule has 8 heteroatoms. The summed E-state index contributed by atoms with van der Waals surface area (Å²) in [5.74, 6) is 1.15. The van der Waals surface area contributed by atoms with Crippen LogP contribution in [0, 0.1) is 0 Å². The molecule has 0 aliphatic heterocycles. The van der Waals surface area contributed by atoms with Crippen LogP contribution < -0.4 is 22.3 Å². The van der Waals surface area contributed by atoms with E-state index >= 15 is 0 Å². The summed E-state index contributed by atoms with van der Waals surface area (Å²) in [5, 5.41) is 2.90. The molecule has 1 rings (SSSR count). The Hall–Kier alpha value is -1.57. The molecule has 0 spiro atoms. The molecule has 1 aromatic heterocycles. The van der Waals surface area contributed by atoms with Crippen LogP contribution in [0.5, 0.6) is 0 Å². The first-order valence-electron chi connectivity index (χ1n) is 6.62. The fourth-order valence-electron chi connectivity index (χ4n) is 1.82. The van der Waals surface area contributed by atoms with E-state index in [0.29, 0.717) is 24.6 Å². The smallest absolute Gasteiger partial charge is 0.332 e. The van der Waals surface area contributed by atoms with Crippen molar-refractivity contribution in [2.24, 2.45) is 7.05 Å². The number of aromatic nitrogens is 2. The van der Waals surface area contributed by atoms with Crippen molar-refractivity contribution >= 4 is 22.3 Å². The number of nitrogens with zero attached hydrogens (tertiary/aromatic N) is 2. The minimum absolute atomic E-state index is 0.141. The molecule has 3 N–H and O–H groups in total. The standard InChI is InChI=1S/C12H22N4O3S/c1-4-7-16-10(13)9(11(17)15(3)12(16)18)14-6-8-20(19)5-2/h14H,4-8,13H2,1-3H3. The van der Waals surface area contributed by atoms with E-state index in [-0.39, 0.29) is 11.5 Å². The molecule has 7 nitrogen and oxygen atoms in total. The van der Waals surface area contributed by atoms with Gasteiger partial charge >= 0.3 is 5.69 Å². The second-order valence-electron chi connectivity index (χ2n) is 4.42. The molecule has 0 bridgehead atoms. The van der Waals surface area contributed by atoms with Crippen molar-refractivity contribution in [1.82, 2.24) is 9.13 Å². The Kier molecular flexibility index (Phi) is 6.00. The third-order valence-corrected chi connectivity index (χ3v) is 4.29. The molecule has 1 aromatic rings. The lowest BCUT2D eigenvalue weighted by atomic mass is 10.4. The van der Waals surface area contributed by atoms with Crippen LogP contribution in [0.4, 0.5) is 11.5 Å². The van der Waals surface area contributed by atoms with Crippen LogP contribution in [0.3, 0.4) is 0 Å². The predicted octanol–water partition coefficient (Wildman–Crippen LogP) is -0.280. The van der Waals surface area contributed by atoms with Crippen LogP contribution in [0.15, 0.2) is 9.59 Å². The Morgan fingerprint density at radius 1 is 1.30 bits per heavy atom. The number of hydrogen-bond donors (Lipinski definition) is 2. The number of nitrogen functional groups attached to an aromatic ring is 1. The lowest BCUT2D eigenvalue weighted by Crippen LogP contribution is -2.41. The molecule has 0 saturated carbocycles. The van der Waals surface area contributed by atoms with Gasteiger partial charge in [-0.2, -0.15) is 0 Å². The summed E-state index contributed by atoms with van der Waals surface area (Å²) in [6.45, 7) is 4.60. The van der Waals surface area contributed by atoms with Crippen LogP contribution in [0.1, 0.15) is 20.3 Å². The number of hydrogen-bond acceptors (Lipinski definition) is 5. The number of nitrogens with one attached hydrogen (secondary N) is 1. The van der Waals surface area contributed by atoms with Crippen LogP contribution in [0.25, 0.3) is 0 Å². The number of anilines is 2. The summed E-state index contributed by atoms with van der Waals surface area (Å²) in [7, 11) is 0.509. The van der Waals surface area contributed by atoms with Gasteiger partial charge in [-0.1, -0.05) is 13.8 Å². The van der Waals surface area contributed by atoms with Gasteiger partial charge in [0.2, 0.25) is 0 Å². The molecule has 114 valence electrons. The number of rotatable bonds is 7. The van der Waals surface area contributed by atoms with Gasteiger partial charge in [0, 0.05) is 42.4 Å². The minimum Gasteiger partial charge on any atom is -0.383 e. The Balaban J connectivity index is 3.10. The fraction of sp³-hybridized carbons (Fsp3) is 0.667. The van der Waals surface area contributed by atoms with Gasteiger partial charge in [0.05, 0.1) is 0 Å². The van der Waals surface area contributed by atoms with Gasteiger partial charge in [0.1, 0.15) is 11.5 Å². The molecule has 0 saturated heterocycles. The lowest BCUT2D eigenvalue weighted by molar-refractivity contribution is 0.600. The van der Waals surface area contributed by atoms with Gasteiger partial charge in [0.15, 0.2) is 0 Å². The highest BCUT2D eigenvalue weighted by molar-refractivity contribution is 7.84. The summed E-state index contributed by atoms with van der Waals surface area (Å²) in [4.78, 5) is 24.0. The number of nitrogens with two attached hydrogens (primary N) is 1. The van der Waals surface area contributed by atoms with Gasteiger partial charge in [-0.15, -0.1) is 0 Å². The zero-order valence-corrected chi connectivity index (χ0v) is 13.0. The summed E-state index contributed by atoms with van der Waals surface area (Å²) in [6.07, 6.45) is 0.738. The molecule has 20 heavy (non-hydrogen) atoms. The van der Waals surface area contributed by atoms with Crippen molar-refractivity contribution in [3.05, 3.63) is 20.8 Å². The Morgan fingerprint density at radius 2 is 1.95 bits per heavy atom. The second kappa shape index (κ2) is 7.28. The van der Waals surface area contributed by atoms with Crippen molar-refractivity contribution in [2.75, 3.05) is 29.1 Å². The van der Waals surface area contributed by atoms with Gasteiger partial charge in [0.25, 0.3) is 5.56 Å². The van der Waals surface area contributed by atoms with Gasteiger partial charge in [-0.3, -0.25) is 18.1 Å². The van der Waals surface area contributed by atoms with E-state index in [4.69, 9.17) is 5.73 Å². The summed E-state index contributed by atoms with van der Waals surface area (Å²) >= 11 is 0. The molecule has 1 heterocycles. The summed E-state index contributed by atoms with van der Waals surface area (Å²) < 4.78 is 13.8. The molecule has 0 aliphatic rings. The average molecular weight is 302 g/mol. The zero-order valence-electron chi connectivity index (χ0n) is 12.1. The Labute approximate surface area is 120 Å². The van der Waals surface area contributed by atoms with Crippen molar-refractivity contribution in [2.45, 2.75) is 26.8 Å². The van der Waals surface area contributed by atoms with E-state index in [9.17, 15) is 13.8 Å². The Bertz CT molecular complexity index is 606. The third-order valence-electron chi connectivity index (χ3n) is 2.98. The van der Waals surface area contributed by atoms with Gasteiger partial charge in [-0.05, 0) is 6.42 Å². The maximum atomic E-state index is 12.0. The van der Waals surface area contributed by atoms with Gasteiger partial charge < -0.3 is 11.1 Å². The zero-order chi connectivity index (χ0) is 15.3. The topological polar surface area (TPSA) is 99.1 Å². The first-order chi connectivity index (χ1) is 9.43. The van der Waals surface area contributed by atoms with E-state index in [0.717, 1.165) is 11.0 Å². The average Bonchev–Trinajstić information content (AvgIpc) is 2.44. The van der Waals surface area contributed by atoms with E-state index < -0.39 is 22.0 Å². The maximum absolute atomic E-state index is 12.0. The van der Waals surface area contributed by atoms with Crippen molar-refractivity contribution < 1.29 is 4.21 Å². The van der Waals surface area contributed by atoms with Crippen LogP contribution in [-0.4, -0.2) is 31.4 Å². The molecule has 1 atom stereocenters. The van der Waals surface area contributed by atoms with E-state index in [1.54, 1.807) is 0 Å². The van der Waals surface area contributed by atoms with E-state index in [1.165, 1.54) is 11.6 Å². The molecule has 1 unspecified atom stereocenters. The third kappa shape index (κ3) is 3.50. The Morgan fingerprint density at radius 3 is 2.50 bits per heavy atom. The molecule has 0 fully saturated rings. The largest absolute Gasteiger partial charge is 0.383 e. The first kappa shape index (κ1) is 16.5. The molecule has 0 aliphatic carbocycles. The monoisotopic (exact) mass is 302 g/mol. The fourth-order valence-corrected chi connectivity index (χ4v) is 2.44. The molecular weight excluding hydrogens is 280 g/mol. The highest BCUT2D eigenvalue weighted by Crippen LogP contribution is 2.10. The van der Waals surface area contributed by atoms with Crippen molar-refractivity contribution in [1.29, 1.82) is 0 Å². The van der Waals surface area contributed by atoms with E-state index in [2.05, 4.69) is 5.32 Å². The normalized spacial score (nSPS) is 12.3. The van der Waals surface area contributed by atoms with Crippen LogP contribution >= 0.6 is 0 Å². The second-order valence-corrected chi connectivity index (χ2v) is 6.28. The minimum atomic E-state index is -0.913. The van der Waals surface area contributed by atoms with E-state index in [1.807, 2.05) is 13.8 Å². The molecule has 0 amide bonds. The lowest BCUT2D eigenvalue weighted by Gasteiger charge is -2.15. The molecule has 0 aromatic carbocycles. The van der Waals surface area contributed by atoms with Crippen LogP contribution in [0.2, 0.25) is 0 Å². The summed E-state index contributed by atoms with van der Waals surface area (Å²) in [5.41, 5.74) is 5.23. The SMILES string of the molecule is CCCn1c(N)c(NCCS(=O)CC)c(=O)n(C)c1=O.